The van der Waals surface area contributed by atoms with E-state index in [9.17, 15) is 0 Å². The lowest BCUT2D eigenvalue weighted by atomic mass is 9.80. The summed E-state index contributed by atoms with van der Waals surface area (Å²) in [6.45, 7) is 4.77. The third kappa shape index (κ3) is 4.57. The first-order valence-electron chi connectivity index (χ1n) is 20.5. The highest BCUT2D eigenvalue weighted by molar-refractivity contribution is 6.22. The van der Waals surface area contributed by atoms with Gasteiger partial charge in [-0.15, -0.1) is 0 Å². The topological polar surface area (TPSA) is 26.3 Å². The molecule has 0 fully saturated rings. The van der Waals surface area contributed by atoms with Crippen LogP contribution in [0.1, 0.15) is 25.0 Å². The first-order chi connectivity index (χ1) is 29.0. The Labute approximate surface area is 340 Å². The average molecular weight is 753 g/mol. The van der Waals surface area contributed by atoms with E-state index >= 15 is 0 Å². The van der Waals surface area contributed by atoms with Crippen molar-refractivity contribution in [3.63, 3.8) is 0 Å². The van der Waals surface area contributed by atoms with Crippen LogP contribution in [0.2, 0.25) is 0 Å². The third-order valence-electron chi connectivity index (χ3n) is 13.2. The first-order valence-corrected chi connectivity index (χ1v) is 20.5. The number of fused-ring (bicyclic) bond motifs is 13. The van der Waals surface area contributed by atoms with Crippen molar-refractivity contribution in [3.05, 3.63) is 193 Å². The van der Waals surface area contributed by atoms with Crippen molar-refractivity contribution < 1.29 is 8.83 Å². The van der Waals surface area contributed by atoms with Gasteiger partial charge >= 0.3 is 0 Å². The minimum Gasteiger partial charge on any atom is -0.456 e. The zero-order valence-corrected chi connectivity index (χ0v) is 32.6. The summed E-state index contributed by atoms with van der Waals surface area (Å²) in [6, 6.07) is 66.6. The molecule has 0 atom stereocenters. The molecule has 0 N–H and O–H groups in total. The molecule has 0 unspecified atom stereocenters. The van der Waals surface area contributed by atoms with Crippen LogP contribution >= 0.6 is 0 Å². The van der Waals surface area contributed by atoms with E-state index in [2.05, 4.69) is 184 Å². The molecule has 1 aliphatic carbocycles. The van der Waals surface area contributed by atoms with Gasteiger partial charge in [0.1, 0.15) is 22.3 Å². The number of hydrogen-bond donors (Lipinski definition) is 0. The number of benzene rings is 10. The van der Waals surface area contributed by atoms with Gasteiger partial charge in [-0.2, -0.15) is 0 Å². The molecule has 13 rings (SSSR count). The highest BCUT2D eigenvalue weighted by Gasteiger charge is 2.36. The van der Waals surface area contributed by atoms with Gasteiger partial charge in [-0.05, 0) is 131 Å². The fourth-order valence-electron chi connectivity index (χ4n) is 10.4. The van der Waals surface area contributed by atoms with Gasteiger partial charge < -0.3 is 8.83 Å². The second kappa shape index (κ2) is 11.8. The molecule has 2 heterocycles. The van der Waals surface area contributed by atoms with Crippen molar-refractivity contribution >= 4 is 76.2 Å². The summed E-state index contributed by atoms with van der Waals surface area (Å²) in [6.07, 6.45) is 0. The SMILES string of the molecule is CC1(C)c2cc(-c3ccc4oc5c6cc7c(cc6ccc5c4c3)oc3ccccc37)ccc2-c2ccc(-c3c4ccccc4c(-c4ccccc4)c4ccccc34)cc21. The number of para-hydroxylation sites is 1. The molecule has 0 radical (unpaired) electrons. The maximum absolute atomic E-state index is 6.64. The fraction of sp³-hybridized carbons (Fsp3) is 0.0526. The molecule has 59 heavy (non-hydrogen) atoms. The summed E-state index contributed by atoms with van der Waals surface area (Å²) in [7, 11) is 0. The van der Waals surface area contributed by atoms with E-state index in [1.54, 1.807) is 0 Å². The van der Waals surface area contributed by atoms with Gasteiger partial charge in [0.25, 0.3) is 0 Å². The van der Waals surface area contributed by atoms with E-state index < -0.39 is 0 Å². The van der Waals surface area contributed by atoms with Crippen LogP contribution in [0.4, 0.5) is 0 Å². The lowest BCUT2D eigenvalue weighted by Crippen LogP contribution is -2.15. The van der Waals surface area contributed by atoms with Crippen molar-refractivity contribution in [2.75, 3.05) is 0 Å². The van der Waals surface area contributed by atoms with Gasteiger partial charge in [-0.1, -0.05) is 147 Å². The van der Waals surface area contributed by atoms with Crippen LogP contribution in [0.3, 0.4) is 0 Å². The molecule has 276 valence electrons. The second-order valence-corrected chi connectivity index (χ2v) is 16.8. The molecule has 0 saturated carbocycles. The molecular weight excluding hydrogens is 717 g/mol. The Balaban J connectivity index is 0.926. The van der Waals surface area contributed by atoms with Crippen LogP contribution in [0.5, 0.6) is 0 Å². The Bertz CT molecular complexity index is 3690. The Hall–Kier alpha value is -7.42. The average Bonchev–Trinajstić information content (AvgIpc) is 3.91. The number of hydrogen-bond acceptors (Lipinski definition) is 2. The van der Waals surface area contributed by atoms with E-state index in [1.165, 1.54) is 77.2 Å². The molecule has 0 bridgehead atoms. The van der Waals surface area contributed by atoms with Crippen LogP contribution in [-0.4, -0.2) is 0 Å². The minimum absolute atomic E-state index is 0.194. The van der Waals surface area contributed by atoms with E-state index in [-0.39, 0.29) is 5.41 Å². The van der Waals surface area contributed by atoms with Gasteiger partial charge in [-0.3, -0.25) is 0 Å². The molecular formula is C57H36O2. The Kier molecular flexibility index (Phi) is 6.54. The molecule has 0 saturated heterocycles. The normalized spacial score (nSPS) is 13.4. The third-order valence-corrected chi connectivity index (χ3v) is 13.2. The lowest BCUT2D eigenvalue weighted by Gasteiger charge is -2.23. The highest BCUT2D eigenvalue weighted by Crippen LogP contribution is 2.52. The number of rotatable bonds is 3. The summed E-state index contributed by atoms with van der Waals surface area (Å²) in [5, 5.41) is 11.8. The Morgan fingerprint density at radius 2 is 0.864 bits per heavy atom. The second-order valence-electron chi connectivity index (χ2n) is 16.8. The quantitative estimate of drug-likeness (QED) is 0.168. The predicted octanol–water partition coefficient (Wildman–Crippen LogP) is 16.3. The fourth-order valence-corrected chi connectivity index (χ4v) is 10.4. The van der Waals surface area contributed by atoms with Gasteiger partial charge in [0.2, 0.25) is 0 Å². The minimum atomic E-state index is -0.194. The van der Waals surface area contributed by atoms with E-state index in [0.29, 0.717) is 0 Å². The lowest BCUT2D eigenvalue weighted by molar-refractivity contribution is 0.661. The Morgan fingerprint density at radius 1 is 0.322 bits per heavy atom. The van der Waals surface area contributed by atoms with Crippen LogP contribution in [-0.2, 0) is 5.41 Å². The molecule has 2 heteroatoms. The highest BCUT2D eigenvalue weighted by atomic mass is 16.3. The summed E-state index contributed by atoms with van der Waals surface area (Å²) in [5.41, 5.74) is 16.2. The van der Waals surface area contributed by atoms with Crippen LogP contribution in [0.15, 0.2) is 191 Å². The maximum atomic E-state index is 6.64. The van der Waals surface area contributed by atoms with E-state index in [0.717, 1.165) is 54.6 Å². The van der Waals surface area contributed by atoms with Crippen molar-refractivity contribution in [3.8, 4) is 44.5 Å². The van der Waals surface area contributed by atoms with Gasteiger partial charge in [0.15, 0.2) is 0 Å². The Morgan fingerprint density at radius 3 is 1.58 bits per heavy atom. The zero-order chi connectivity index (χ0) is 39.0. The monoisotopic (exact) mass is 752 g/mol. The molecule has 12 aromatic rings. The van der Waals surface area contributed by atoms with E-state index in [4.69, 9.17) is 8.83 Å². The van der Waals surface area contributed by atoms with Crippen LogP contribution < -0.4 is 0 Å². The van der Waals surface area contributed by atoms with Crippen molar-refractivity contribution in [2.45, 2.75) is 19.3 Å². The molecule has 2 nitrogen and oxygen atoms in total. The summed E-state index contributed by atoms with van der Waals surface area (Å²) in [5.74, 6) is 0. The van der Waals surface area contributed by atoms with Gasteiger partial charge in [0, 0.05) is 32.3 Å². The molecule has 10 aromatic carbocycles. The van der Waals surface area contributed by atoms with Gasteiger partial charge in [0.05, 0.1) is 0 Å². The largest absolute Gasteiger partial charge is 0.456 e. The van der Waals surface area contributed by atoms with Crippen molar-refractivity contribution in [1.29, 1.82) is 0 Å². The number of furan rings is 2. The standard InChI is InChI=1S/C57H36O2/c1-57(2)49-29-35(34-23-27-52-47(28-34)45-26-21-36-31-53-48(32-46(36)56(45)59-52)40-14-10-11-19-51(40)58-53)20-24-38(49)39-25-22-37(30-50(39)57)55-43-17-8-6-15-41(43)54(33-12-4-3-5-13-33)42-16-7-9-18-44(42)55/h3-32H,1-2H3. The van der Waals surface area contributed by atoms with Crippen molar-refractivity contribution in [1.82, 2.24) is 0 Å². The molecule has 2 aromatic heterocycles. The summed E-state index contributed by atoms with van der Waals surface area (Å²) >= 11 is 0. The maximum Gasteiger partial charge on any atom is 0.143 e. The van der Waals surface area contributed by atoms with Crippen LogP contribution in [0.25, 0.3) is 121 Å². The molecule has 0 spiro atoms. The smallest absolute Gasteiger partial charge is 0.143 e. The zero-order valence-electron chi connectivity index (χ0n) is 32.6. The predicted molar refractivity (Wildman–Crippen MR) is 247 cm³/mol. The molecule has 0 amide bonds. The summed E-state index contributed by atoms with van der Waals surface area (Å²) in [4.78, 5) is 0. The van der Waals surface area contributed by atoms with E-state index in [1.807, 2.05) is 12.1 Å². The molecule has 1 aliphatic rings. The van der Waals surface area contributed by atoms with Crippen molar-refractivity contribution in [2.24, 2.45) is 0 Å². The van der Waals surface area contributed by atoms with Gasteiger partial charge in [-0.25, -0.2) is 0 Å². The summed E-state index contributed by atoms with van der Waals surface area (Å²) < 4.78 is 12.9. The first kappa shape index (κ1) is 32.6. The van der Waals surface area contributed by atoms with Crippen LogP contribution in [0, 0.1) is 0 Å². The molecule has 0 aliphatic heterocycles.